The highest BCUT2D eigenvalue weighted by Gasteiger charge is 2.34. The summed E-state index contributed by atoms with van der Waals surface area (Å²) < 4.78 is 0.986. The molecule has 1 aliphatic rings. The van der Waals surface area contributed by atoms with Crippen LogP contribution >= 0.6 is 15.9 Å². The van der Waals surface area contributed by atoms with Crippen LogP contribution in [-0.2, 0) is 0 Å². The molecule has 0 N–H and O–H groups in total. The summed E-state index contributed by atoms with van der Waals surface area (Å²) >= 11 is 3.49. The number of hydrogen-bond donors (Lipinski definition) is 0. The van der Waals surface area contributed by atoms with Gasteiger partial charge in [-0.15, -0.1) is 0 Å². The van der Waals surface area contributed by atoms with E-state index in [0.717, 1.165) is 37.3 Å². The van der Waals surface area contributed by atoms with Crippen LogP contribution < -0.4 is 0 Å². The zero-order valence-electron chi connectivity index (χ0n) is 18.4. The molecular weight excluding hydrogens is 478 g/mol. The van der Waals surface area contributed by atoms with Gasteiger partial charge in [-0.3, -0.25) is 19.5 Å². The number of nitrogens with zero attached hydrogens (tertiary/aromatic N) is 3. The smallest absolute Gasteiger partial charge is 0.262 e. The Balaban J connectivity index is 1.70. The fourth-order valence-corrected chi connectivity index (χ4v) is 4.72. The molecule has 1 heterocycles. The topological polar surface area (TPSA) is 53.0 Å². The van der Waals surface area contributed by atoms with Gasteiger partial charge in [0.1, 0.15) is 0 Å². The first kappa shape index (κ1) is 21.5. The summed E-state index contributed by atoms with van der Waals surface area (Å²) in [6.07, 6.45) is 1.82. The summed E-state index contributed by atoms with van der Waals surface area (Å²) in [6, 6.07) is 21.4. The number of rotatable bonds is 5. The average molecular weight is 500 g/mol. The molecule has 164 valence electrons. The van der Waals surface area contributed by atoms with E-state index in [1.54, 1.807) is 0 Å². The van der Waals surface area contributed by atoms with E-state index in [1.165, 1.54) is 4.90 Å². The maximum absolute atomic E-state index is 13.6. The lowest BCUT2D eigenvalue weighted by atomic mass is 9.89. The molecule has 0 saturated heterocycles. The molecule has 0 unspecified atom stereocenters. The van der Waals surface area contributed by atoms with E-state index < -0.39 is 0 Å². The third-order valence-corrected chi connectivity index (χ3v) is 6.40. The first-order valence-electron chi connectivity index (χ1n) is 10.7. The SMILES string of the molecule is CN(C)CCN1C(=O)c2cccc3cc4c(N=Cc5cccc(Br)c5)cccc4c(c23)C1=O. The van der Waals surface area contributed by atoms with E-state index in [0.29, 0.717) is 24.2 Å². The summed E-state index contributed by atoms with van der Waals surface area (Å²) in [7, 11) is 3.86. The predicted molar refractivity (Wildman–Crippen MR) is 137 cm³/mol. The van der Waals surface area contributed by atoms with E-state index >= 15 is 0 Å². The zero-order chi connectivity index (χ0) is 23.1. The number of carbonyl (C=O) groups excluding carboxylic acids is 2. The molecular formula is C27H22BrN3O2. The Morgan fingerprint density at radius 2 is 1.73 bits per heavy atom. The number of halogens is 1. The third kappa shape index (κ3) is 3.86. The maximum atomic E-state index is 13.6. The Hall–Kier alpha value is -3.35. The number of likely N-dealkylation sites (N-methyl/N-ethyl adjacent to an activating group) is 1. The van der Waals surface area contributed by atoms with Gasteiger partial charge in [0.25, 0.3) is 11.8 Å². The van der Waals surface area contributed by atoms with E-state index in [1.807, 2.05) is 91.9 Å². The van der Waals surface area contributed by atoms with Gasteiger partial charge >= 0.3 is 0 Å². The second-order valence-electron chi connectivity index (χ2n) is 8.41. The lowest BCUT2D eigenvalue weighted by Crippen LogP contribution is -2.43. The van der Waals surface area contributed by atoms with Crippen LogP contribution in [0.1, 0.15) is 26.3 Å². The monoisotopic (exact) mass is 499 g/mol. The fraction of sp³-hybridized carbons (Fsp3) is 0.148. The fourth-order valence-electron chi connectivity index (χ4n) is 4.30. The summed E-state index contributed by atoms with van der Waals surface area (Å²) in [5.41, 5.74) is 2.91. The van der Waals surface area contributed by atoms with Gasteiger partial charge in [0, 0.05) is 40.1 Å². The van der Waals surface area contributed by atoms with Crippen LogP contribution in [0.25, 0.3) is 21.5 Å². The molecule has 0 bridgehead atoms. The minimum atomic E-state index is -0.246. The number of imide groups is 1. The highest BCUT2D eigenvalue weighted by molar-refractivity contribution is 9.10. The average Bonchev–Trinajstić information content (AvgIpc) is 2.80. The second kappa shape index (κ2) is 8.54. The molecule has 4 aromatic rings. The van der Waals surface area contributed by atoms with E-state index in [4.69, 9.17) is 4.99 Å². The van der Waals surface area contributed by atoms with Gasteiger partial charge in [-0.1, -0.05) is 52.3 Å². The van der Waals surface area contributed by atoms with Crippen LogP contribution in [0.2, 0.25) is 0 Å². The van der Waals surface area contributed by atoms with Crippen molar-refractivity contribution < 1.29 is 9.59 Å². The Morgan fingerprint density at radius 1 is 0.939 bits per heavy atom. The lowest BCUT2D eigenvalue weighted by molar-refractivity contribution is 0.0602. The molecule has 2 amide bonds. The van der Waals surface area contributed by atoms with Crippen molar-refractivity contribution in [2.75, 3.05) is 27.2 Å². The summed E-state index contributed by atoms with van der Waals surface area (Å²) in [5.74, 6) is -0.479. The van der Waals surface area contributed by atoms with Crippen molar-refractivity contribution in [1.82, 2.24) is 9.80 Å². The van der Waals surface area contributed by atoms with Gasteiger partial charge in [0.15, 0.2) is 0 Å². The molecule has 4 aromatic carbocycles. The van der Waals surface area contributed by atoms with Crippen LogP contribution in [0.15, 0.2) is 76.2 Å². The summed E-state index contributed by atoms with van der Waals surface area (Å²) in [4.78, 5) is 34.9. The number of benzene rings is 4. The Labute approximate surface area is 200 Å². The molecule has 0 radical (unpaired) electrons. The highest BCUT2D eigenvalue weighted by atomic mass is 79.9. The van der Waals surface area contributed by atoms with Crippen LogP contribution in [0.3, 0.4) is 0 Å². The molecule has 0 aliphatic carbocycles. The first-order chi connectivity index (χ1) is 15.9. The minimum absolute atomic E-state index is 0.233. The van der Waals surface area contributed by atoms with E-state index in [9.17, 15) is 9.59 Å². The normalized spacial score (nSPS) is 13.8. The molecule has 0 aromatic heterocycles. The highest BCUT2D eigenvalue weighted by Crippen LogP contribution is 2.38. The van der Waals surface area contributed by atoms with Crippen LogP contribution in [-0.4, -0.2) is 55.0 Å². The molecule has 0 fully saturated rings. The summed E-state index contributed by atoms with van der Waals surface area (Å²) in [6.45, 7) is 0.952. The first-order valence-corrected chi connectivity index (χ1v) is 11.5. The summed E-state index contributed by atoms with van der Waals surface area (Å²) in [5, 5.41) is 3.30. The molecule has 0 atom stereocenters. The number of aliphatic imine (C=N–C) groups is 1. The van der Waals surface area contributed by atoms with Crippen molar-refractivity contribution in [2.24, 2.45) is 4.99 Å². The molecule has 1 aliphatic heterocycles. The van der Waals surface area contributed by atoms with Gasteiger partial charge in [-0.25, -0.2) is 0 Å². The van der Waals surface area contributed by atoms with Crippen molar-refractivity contribution in [3.8, 4) is 0 Å². The molecule has 6 heteroatoms. The van der Waals surface area contributed by atoms with Crippen molar-refractivity contribution >= 4 is 61.2 Å². The standard InChI is InChI=1S/C27H22BrN3O2/c1-30(2)12-13-31-26(32)21-10-4-7-18-15-22-20(25(24(18)21)27(31)33)9-5-11-23(22)29-16-17-6-3-8-19(28)14-17/h3-11,14-16H,12-13H2,1-2H3. The molecule has 5 nitrogen and oxygen atoms in total. The van der Waals surface area contributed by atoms with Gasteiger partial charge in [0.2, 0.25) is 0 Å². The van der Waals surface area contributed by atoms with E-state index in [-0.39, 0.29) is 11.8 Å². The van der Waals surface area contributed by atoms with Crippen LogP contribution in [0.4, 0.5) is 5.69 Å². The van der Waals surface area contributed by atoms with Crippen molar-refractivity contribution in [1.29, 1.82) is 0 Å². The quantitative estimate of drug-likeness (QED) is 0.202. The number of carbonyl (C=O) groups is 2. The van der Waals surface area contributed by atoms with Gasteiger partial charge in [-0.05, 0) is 60.8 Å². The zero-order valence-corrected chi connectivity index (χ0v) is 20.0. The largest absolute Gasteiger partial charge is 0.308 e. The van der Waals surface area contributed by atoms with Crippen molar-refractivity contribution in [3.63, 3.8) is 0 Å². The van der Waals surface area contributed by atoms with Crippen LogP contribution in [0, 0.1) is 0 Å². The maximum Gasteiger partial charge on any atom is 0.262 e. The minimum Gasteiger partial charge on any atom is -0.308 e. The Kier molecular flexibility index (Phi) is 5.56. The molecule has 33 heavy (non-hydrogen) atoms. The molecule has 5 rings (SSSR count). The third-order valence-electron chi connectivity index (χ3n) is 5.91. The van der Waals surface area contributed by atoms with Gasteiger partial charge in [-0.2, -0.15) is 0 Å². The van der Waals surface area contributed by atoms with Crippen molar-refractivity contribution in [3.05, 3.63) is 87.9 Å². The molecule has 0 saturated carbocycles. The van der Waals surface area contributed by atoms with E-state index in [2.05, 4.69) is 15.9 Å². The molecule has 0 spiro atoms. The Morgan fingerprint density at radius 3 is 2.52 bits per heavy atom. The number of hydrogen-bond acceptors (Lipinski definition) is 4. The van der Waals surface area contributed by atoms with Gasteiger partial charge in [0.05, 0.1) is 11.3 Å². The lowest BCUT2D eigenvalue weighted by Gasteiger charge is -2.29. The number of amides is 2. The second-order valence-corrected chi connectivity index (χ2v) is 9.32. The Bertz CT molecular complexity index is 1460. The number of fused-ring (bicyclic) bond motifs is 2. The van der Waals surface area contributed by atoms with Crippen molar-refractivity contribution in [2.45, 2.75) is 0 Å². The van der Waals surface area contributed by atoms with Crippen LogP contribution in [0.5, 0.6) is 0 Å². The predicted octanol–water partition coefficient (Wildman–Crippen LogP) is 5.66. The van der Waals surface area contributed by atoms with Gasteiger partial charge < -0.3 is 4.90 Å².